The number of nitrogen functional groups attached to an aromatic ring is 1. The van der Waals surface area contributed by atoms with Crippen molar-refractivity contribution in [1.82, 2.24) is 4.98 Å². The van der Waals surface area contributed by atoms with E-state index in [9.17, 15) is 22.0 Å². The molecule has 0 fully saturated rings. The highest BCUT2D eigenvalue weighted by molar-refractivity contribution is 6.17. The van der Waals surface area contributed by atoms with E-state index in [-0.39, 0.29) is 5.69 Å². The molecule has 1 aromatic rings. The first-order valence-corrected chi connectivity index (χ1v) is 4.67. The number of nitrogens with two attached hydrogens (primary N) is 1. The van der Waals surface area contributed by atoms with Gasteiger partial charge >= 0.3 is 6.36 Å². The first-order chi connectivity index (χ1) is 7.74. The largest absolute Gasteiger partial charge is 0.573 e. The molecule has 0 aliphatic rings. The zero-order valence-corrected chi connectivity index (χ0v) is 8.82. The van der Waals surface area contributed by atoms with Gasteiger partial charge in [-0.3, -0.25) is 0 Å². The Morgan fingerprint density at radius 3 is 2.41 bits per heavy atom. The summed E-state index contributed by atoms with van der Waals surface area (Å²) in [6.07, 6.45) is -8.05. The lowest BCUT2D eigenvalue weighted by Gasteiger charge is -2.13. The number of ether oxygens (including phenoxy) is 1. The third-order valence-electron chi connectivity index (χ3n) is 1.72. The third-order valence-corrected chi connectivity index (χ3v) is 1.97. The summed E-state index contributed by atoms with van der Waals surface area (Å²) >= 11 is 5.32. The average molecular weight is 277 g/mol. The van der Waals surface area contributed by atoms with Crippen LogP contribution in [0.4, 0.5) is 27.8 Å². The summed E-state index contributed by atoms with van der Waals surface area (Å²) in [5, 5.41) is 0. The highest BCUT2D eigenvalue weighted by atomic mass is 35.5. The summed E-state index contributed by atoms with van der Waals surface area (Å²) in [5.74, 6) is -2.01. The van der Waals surface area contributed by atoms with Crippen molar-refractivity contribution in [3.8, 4) is 5.75 Å². The number of rotatable bonds is 3. The second kappa shape index (κ2) is 4.91. The fourth-order valence-corrected chi connectivity index (χ4v) is 1.28. The lowest BCUT2D eigenvalue weighted by molar-refractivity contribution is -0.274. The van der Waals surface area contributed by atoms with Crippen molar-refractivity contribution in [2.75, 3.05) is 5.73 Å². The molecule has 0 saturated carbocycles. The van der Waals surface area contributed by atoms with Gasteiger partial charge in [0.1, 0.15) is 0 Å². The predicted octanol–water partition coefficient (Wildman–Crippen LogP) is 3.24. The molecule has 0 amide bonds. The average Bonchev–Trinajstić information content (AvgIpc) is 2.18. The standard InChI is InChI=1S/C8H6ClF5N2O/c9-2-4-3(6(10)11)1-5(7(15)16-4)17-8(12,13)14/h1,6H,2H2,(H2,15,16). The molecule has 0 aliphatic heterocycles. The molecule has 0 aromatic carbocycles. The monoisotopic (exact) mass is 276 g/mol. The van der Waals surface area contributed by atoms with Crippen LogP contribution in [-0.2, 0) is 5.88 Å². The first-order valence-electron chi connectivity index (χ1n) is 4.13. The molecular weight excluding hydrogens is 271 g/mol. The number of pyridine rings is 1. The van der Waals surface area contributed by atoms with E-state index in [1.165, 1.54) is 0 Å². The molecule has 0 radical (unpaired) electrons. The number of hydrogen-bond acceptors (Lipinski definition) is 3. The summed E-state index contributed by atoms with van der Waals surface area (Å²) in [6.45, 7) is 0. The van der Waals surface area contributed by atoms with Crippen LogP contribution in [-0.4, -0.2) is 11.3 Å². The summed E-state index contributed by atoms with van der Waals surface area (Å²) in [6, 6.07) is 0.484. The van der Waals surface area contributed by atoms with Crippen LogP contribution in [0.25, 0.3) is 0 Å². The molecule has 3 nitrogen and oxygen atoms in total. The number of anilines is 1. The molecule has 0 bridgehead atoms. The number of hydrogen-bond donors (Lipinski definition) is 1. The molecule has 96 valence electrons. The van der Waals surface area contributed by atoms with E-state index in [4.69, 9.17) is 17.3 Å². The molecule has 17 heavy (non-hydrogen) atoms. The topological polar surface area (TPSA) is 48.1 Å². The van der Waals surface area contributed by atoms with E-state index in [1.54, 1.807) is 0 Å². The van der Waals surface area contributed by atoms with E-state index in [1.807, 2.05) is 0 Å². The quantitative estimate of drug-likeness (QED) is 0.681. The Morgan fingerprint density at radius 1 is 1.41 bits per heavy atom. The maximum Gasteiger partial charge on any atom is 0.573 e. The van der Waals surface area contributed by atoms with Crippen LogP contribution >= 0.6 is 11.6 Å². The minimum atomic E-state index is -5.03. The second-order valence-corrected chi connectivity index (χ2v) is 3.16. The maximum absolute atomic E-state index is 12.5. The fraction of sp³-hybridized carbons (Fsp3) is 0.375. The summed E-state index contributed by atoms with van der Waals surface area (Å²) in [4.78, 5) is 3.34. The van der Waals surface area contributed by atoms with Crippen molar-refractivity contribution in [2.24, 2.45) is 0 Å². The van der Waals surface area contributed by atoms with Gasteiger partial charge in [-0.1, -0.05) is 0 Å². The van der Waals surface area contributed by atoms with Crippen molar-refractivity contribution in [3.05, 3.63) is 17.3 Å². The normalized spacial score (nSPS) is 11.9. The van der Waals surface area contributed by atoms with E-state index in [0.29, 0.717) is 6.07 Å². The van der Waals surface area contributed by atoms with Gasteiger partial charge in [0.25, 0.3) is 6.43 Å². The molecular formula is C8H6ClF5N2O. The van der Waals surface area contributed by atoms with Crippen LogP contribution in [0.2, 0.25) is 0 Å². The van der Waals surface area contributed by atoms with Gasteiger partial charge in [-0.25, -0.2) is 13.8 Å². The zero-order chi connectivity index (χ0) is 13.2. The maximum atomic E-state index is 12.5. The van der Waals surface area contributed by atoms with E-state index < -0.39 is 35.8 Å². The van der Waals surface area contributed by atoms with E-state index >= 15 is 0 Å². The molecule has 0 spiro atoms. The van der Waals surface area contributed by atoms with Crippen LogP contribution < -0.4 is 10.5 Å². The van der Waals surface area contributed by atoms with Gasteiger partial charge in [-0.15, -0.1) is 24.8 Å². The smallest absolute Gasteiger partial charge is 0.402 e. The predicted molar refractivity (Wildman–Crippen MR) is 49.8 cm³/mol. The lowest BCUT2D eigenvalue weighted by Crippen LogP contribution is -2.19. The number of nitrogens with zero attached hydrogens (tertiary/aromatic N) is 1. The van der Waals surface area contributed by atoms with Crippen LogP contribution in [0.1, 0.15) is 17.7 Å². The molecule has 0 aliphatic carbocycles. The zero-order valence-electron chi connectivity index (χ0n) is 8.06. The van der Waals surface area contributed by atoms with Crippen LogP contribution in [0, 0.1) is 0 Å². The molecule has 1 aromatic heterocycles. The summed E-state index contributed by atoms with van der Waals surface area (Å²) in [5.41, 5.74) is 4.11. The van der Waals surface area contributed by atoms with Crippen molar-refractivity contribution in [3.63, 3.8) is 0 Å². The molecule has 1 rings (SSSR count). The molecule has 2 N–H and O–H groups in total. The Kier molecular flexibility index (Phi) is 3.97. The third kappa shape index (κ3) is 3.58. The van der Waals surface area contributed by atoms with Gasteiger partial charge in [0.2, 0.25) is 0 Å². The number of halogens is 6. The lowest BCUT2D eigenvalue weighted by atomic mass is 10.2. The van der Waals surface area contributed by atoms with Gasteiger partial charge in [-0.05, 0) is 6.07 Å². The molecule has 1 heterocycles. The van der Waals surface area contributed by atoms with Crippen LogP contribution in [0.5, 0.6) is 5.75 Å². The molecule has 0 unspecified atom stereocenters. The Hall–Kier alpha value is -1.31. The van der Waals surface area contributed by atoms with Crippen molar-refractivity contribution >= 4 is 17.4 Å². The first kappa shape index (κ1) is 13.8. The van der Waals surface area contributed by atoms with E-state index in [2.05, 4.69) is 9.72 Å². The Labute approximate surface area is 97.3 Å². The van der Waals surface area contributed by atoms with Crippen LogP contribution in [0.3, 0.4) is 0 Å². The molecule has 0 atom stereocenters. The number of alkyl halides is 6. The van der Waals surface area contributed by atoms with Gasteiger partial charge in [0, 0.05) is 5.56 Å². The van der Waals surface area contributed by atoms with E-state index in [0.717, 1.165) is 0 Å². The Morgan fingerprint density at radius 2 is 2.00 bits per heavy atom. The van der Waals surface area contributed by atoms with Crippen molar-refractivity contribution in [2.45, 2.75) is 18.7 Å². The van der Waals surface area contributed by atoms with Crippen molar-refractivity contribution in [1.29, 1.82) is 0 Å². The fourth-order valence-electron chi connectivity index (χ4n) is 1.07. The van der Waals surface area contributed by atoms with Gasteiger partial charge in [0.05, 0.1) is 11.6 Å². The molecule has 9 heteroatoms. The highest BCUT2D eigenvalue weighted by Crippen LogP contribution is 2.33. The Bertz CT molecular complexity index is 410. The SMILES string of the molecule is Nc1nc(CCl)c(C(F)F)cc1OC(F)(F)F. The summed E-state index contributed by atoms with van der Waals surface area (Å²) in [7, 11) is 0. The minimum Gasteiger partial charge on any atom is -0.402 e. The van der Waals surface area contributed by atoms with Crippen molar-refractivity contribution < 1.29 is 26.7 Å². The van der Waals surface area contributed by atoms with Gasteiger partial charge in [-0.2, -0.15) is 0 Å². The second-order valence-electron chi connectivity index (χ2n) is 2.89. The minimum absolute atomic E-state index is 0.284. The van der Waals surface area contributed by atoms with Gasteiger partial charge in [0.15, 0.2) is 11.6 Å². The Balaban J connectivity index is 3.20. The molecule has 0 saturated heterocycles. The summed E-state index contributed by atoms with van der Waals surface area (Å²) < 4.78 is 64.2. The number of aromatic nitrogens is 1. The highest BCUT2D eigenvalue weighted by Gasteiger charge is 2.33. The van der Waals surface area contributed by atoms with Crippen LogP contribution in [0.15, 0.2) is 6.07 Å². The van der Waals surface area contributed by atoms with Gasteiger partial charge < -0.3 is 10.5 Å².